The van der Waals surface area contributed by atoms with Gasteiger partial charge in [0.15, 0.2) is 0 Å². The van der Waals surface area contributed by atoms with E-state index in [4.69, 9.17) is 16.3 Å². The number of nitrogens with zero attached hydrogens (tertiary/aromatic N) is 2. The molecular weight excluding hydrogens is 373 g/mol. The first kappa shape index (κ1) is 19.1. The van der Waals surface area contributed by atoms with Gasteiger partial charge in [0.1, 0.15) is 17.1 Å². The van der Waals surface area contributed by atoms with Crippen molar-refractivity contribution in [1.82, 2.24) is 15.2 Å². The molecule has 142 valence electrons. The van der Waals surface area contributed by atoms with Crippen LogP contribution in [0.15, 0.2) is 24.4 Å². The third-order valence-corrected chi connectivity index (χ3v) is 5.12. The average molecular weight is 392 g/mol. The summed E-state index contributed by atoms with van der Waals surface area (Å²) in [5.41, 5.74) is 1.11. The lowest BCUT2D eigenvalue weighted by Gasteiger charge is -2.23. The Kier molecular flexibility index (Phi) is 4.82. The topological polar surface area (TPSA) is 71.5 Å². The monoisotopic (exact) mass is 391 g/mol. The third-order valence-electron chi connectivity index (χ3n) is 4.80. The molecule has 2 heterocycles. The van der Waals surface area contributed by atoms with Crippen molar-refractivity contribution < 1.29 is 18.7 Å². The van der Waals surface area contributed by atoms with Gasteiger partial charge in [0, 0.05) is 27.9 Å². The zero-order valence-electron chi connectivity index (χ0n) is 15.4. The number of hydrogen-bond acceptors (Lipinski definition) is 4. The van der Waals surface area contributed by atoms with Gasteiger partial charge in [-0.2, -0.15) is 0 Å². The lowest BCUT2D eigenvalue weighted by molar-refractivity contribution is -0.131. The molecule has 2 aromatic rings. The molecule has 6 nitrogen and oxygen atoms in total. The number of methoxy groups -OCH3 is 1. The number of rotatable bonds is 4. The van der Waals surface area contributed by atoms with Crippen molar-refractivity contribution in [3.63, 3.8) is 0 Å². The average Bonchev–Trinajstić information content (AvgIpc) is 2.81. The van der Waals surface area contributed by atoms with Crippen molar-refractivity contribution in [2.75, 3.05) is 7.11 Å². The van der Waals surface area contributed by atoms with Crippen molar-refractivity contribution in [2.24, 2.45) is 0 Å². The van der Waals surface area contributed by atoms with E-state index in [0.29, 0.717) is 17.0 Å². The van der Waals surface area contributed by atoms with Gasteiger partial charge < -0.3 is 10.1 Å². The predicted octanol–water partition coefficient (Wildman–Crippen LogP) is 3.47. The first-order chi connectivity index (χ1) is 12.7. The molecule has 0 bridgehead atoms. The molecule has 27 heavy (non-hydrogen) atoms. The number of aromatic nitrogens is 1. The normalized spacial score (nSPS) is 19.4. The van der Waals surface area contributed by atoms with Crippen molar-refractivity contribution in [3.8, 4) is 5.75 Å². The highest BCUT2D eigenvalue weighted by Gasteiger charge is 2.50. The number of benzene rings is 1. The summed E-state index contributed by atoms with van der Waals surface area (Å²) in [6.45, 7) is 5.22. The number of amides is 3. The van der Waals surface area contributed by atoms with Gasteiger partial charge in [-0.05, 0) is 32.9 Å². The van der Waals surface area contributed by atoms with E-state index in [1.54, 1.807) is 20.2 Å². The summed E-state index contributed by atoms with van der Waals surface area (Å²) in [5, 5.41) is 2.73. The van der Waals surface area contributed by atoms with Crippen LogP contribution in [0.3, 0.4) is 0 Å². The molecule has 1 fully saturated rings. The fourth-order valence-corrected chi connectivity index (χ4v) is 3.65. The van der Waals surface area contributed by atoms with E-state index in [1.807, 2.05) is 13.8 Å². The van der Waals surface area contributed by atoms with E-state index in [1.165, 1.54) is 12.1 Å². The largest absolute Gasteiger partial charge is 0.496 e. The van der Waals surface area contributed by atoms with E-state index in [0.717, 1.165) is 22.1 Å². The highest BCUT2D eigenvalue weighted by atomic mass is 35.5. The van der Waals surface area contributed by atoms with Gasteiger partial charge >= 0.3 is 6.03 Å². The van der Waals surface area contributed by atoms with Crippen LogP contribution >= 0.6 is 11.6 Å². The molecule has 1 saturated heterocycles. The second-order valence-electron chi connectivity index (χ2n) is 6.62. The molecule has 0 radical (unpaired) electrons. The summed E-state index contributed by atoms with van der Waals surface area (Å²) in [6, 6.07) is 3.15. The molecule has 1 aliphatic rings. The number of aryl methyl sites for hydroxylation is 1. The van der Waals surface area contributed by atoms with Crippen LogP contribution in [0, 0.1) is 19.7 Å². The minimum Gasteiger partial charge on any atom is -0.496 e. The number of imide groups is 1. The molecule has 1 aromatic heterocycles. The first-order valence-electron chi connectivity index (χ1n) is 8.27. The Morgan fingerprint density at radius 3 is 2.67 bits per heavy atom. The molecule has 3 amide bonds. The molecule has 0 saturated carbocycles. The van der Waals surface area contributed by atoms with Gasteiger partial charge in [-0.15, -0.1) is 0 Å². The molecule has 8 heteroatoms. The molecule has 0 spiro atoms. The van der Waals surface area contributed by atoms with E-state index in [2.05, 4.69) is 10.3 Å². The number of carbonyl (C=O) groups is 2. The Balaban J connectivity index is 1.95. The summed E-state index contributed by atoms with van der Waals surface area (Å²) in [6.07, 6.45) is 1.63. The van der Waals surface area contributed by atoms with Crippen LogP contribution in [0.2, 0.25) is 5.02 Å². The maximum absolute atomic E-state index is 13.4. The van der Waals surface area contributed by atoms with Crippen LogP contribution in [0.1, 0.15) is 29.3 Å². The second-order valence-corrected chi connectivity index (χ2v) is 7.02. The summed E-state index contributed by atoms with van der Waals surface area (Å²) in [7, 11) is 1.56. The Hall–Kier alpha value is -2.67. The Morgan fingerprint density at radius 2 is 2.04 bits per heavy atom. The molecule has 1 atom stereocenters. The number of ether oxygens (including phenoxy) is 1. The van der Waals surface area contributed by atoms with Crippen LogP contribution in [0.4, 0.5) is 9.18 Å². The fourth-order valence-electron chi connectivity index (χ4n) is 3.30. The molecule has 1 unspecified atom stereocenters. The SMILES string of the molecule is COc1c(C)cnc(CN2C(=O)NC(C)(c3ccc(F)cc3Cl)C2=O)c1C. The predicted molar refractivity (Wildman–Crippen MR) is 98.1 cm³/mol. The number of nitrogens with one attached hydrogen (secondary N) is 1. The summed E-state index contributed by atoms with van der Waals surface area (Å²) in [5.74, 6) is -0.342. The third kappa shape index (κ3) is 3.12. The highest BCUT2D eigenvalue weighted by molar-refractivity contribution is 6.32. The van der Waals surface area contributed by atoms with Crippen molar-refractivity contribution in [2.45, 2.75) is 32.9 Å². The fraction of sp³-hybridized carbons (Fsp3) is 0.316. The molecule has 0 aliphatic carbocycles. The van der Waals surface area contributed by atoms with E-state index < -0.39 is 23.3 Å². The smallest absolute Gasteiger partial charge is 0.325 e. The van der Waals surface area contributed by atoms with E-state index >= 15 is 0 Å². The van der Waals surface area contributed by atoms with Crippen molar-refractivity contribution in [1.29, 1.82) is 0 Å². The Labute approximate surface area is 161 Å². The first-order valence-corrected chi connectivity index (χ1v) is 8.65. The number of pyridine rings is 1. The summed E-state index contributed by atoms with van der Waals surface area (Å²) < 4.78 is 18.7. The lowest BCUT2D eigenvalue weighted by Crippen LogP contribution is -2.41. The molecule has 1 N–H and O–H groups in total. The minimum absolute atomic E-state index is 0.0124. The zero-order valence-corrected chi connectivity index (χ0v) is 16.1. The highest BCUT2D eigenvalue weighted by Crippen LogP contribution is 2.35. The number of carbonyl (C=O) groups excluding carboxylic acids is 2. The van der Waals surface area contributed by atoms with Crippen LogP contribution in [-0.2, 0) is 16.9 Å². The number of halogens is 2. The van der Waals surface area contributed by atoms with Gasteiger partial charge in [0.25, 0.3) is 5.91 Å². The molecule has 1 aliphatic heterocycles. The van der Waals surface area contributed by atoms with E-state index in [9.17, 15) is 14.0 Å². The molecule has 1 aromatic carbocycles. The van der Waals surface area contributed by atoms with Crippen molar-refractivity contribution >= 4 is 23.5 Å². The van der Waals surface area contributed by atoms with Gasteiger partial charge in [0.05, 0.1) is 19.3 Å². The number of hydrogen-bond donors (Lipinski definition) is 1. The maximum Gasteiger partial charge on any atom is 0.325 e. The molecular formula is C19H19ClFN3O3. The summed E-state index contributed by atoms with van der Waals surface area (Å²) in [4.78, 5) is 31.0. The van der Waals surface area contributed by atoms with Crippen LogP contribution < -0.4 is 10.1 Å². The van der Waals surface area contributed by atoms with Crippen molar-refractivity contribution in [3.05, 3.63) is 57.6 Å². The van der Waals surface area contributed by atoms with Gasteiger partial charge in [-0.25, -0.2) is 9.18 Å². The zero-order chi connectivity index (χ0) is 19.9. The van der Waals surface area contributed by atoms with Gasteiger partial charge in [-0.3, -0.25) is 14.7 Å². The second kappa shape index (κ2) is 6.81. The van der Waals surface area contributed by atoms with E-state index in [-0.39, 0.29) is 11.6 Å². The lowest BCUT2D eigenvalue weighted by atomic mass is 9.92. The summed E-state index contributed by atoms with van der Waals surface area (Å²) >= 11 is 6.11. The molecule has 3 rings (SSSR count). The maximum atomic E-state index is 13.4. The van der Waals surface area contributed by atoms with Crippen LogP contribution in [-0.4, -0.2) is 28.9 Å². The Bertz CT molecular complexity index is 950. The minimum atomic E-state index is -1.38. The quantitative estimate of drug-likeness (QED) is 0.810. The van der Waals surface area contributed by atoms with Gasteiger partial charge in [-0.1, -0.05) is 17.7 Å². The standard InChI is InChI=1S/C19H19ClFN3O3/c1-10-8-22-15(11(2)16(10)27-4)9-24-17(25)19(3,23-18(24)26)13-6-5-12(21)7-14(13)20/h5-8H,9H2,1-4H3,(H,23,26). The van der Waals surface area contributed by atoms with Crippen LogP contribution in [0.5, 0.6) is 5.75 Å². The Morgan fingerprint density at radius 1 is 1.33 bits per heavy atom. The van der Waals surface area contributed by atoms with Crippen LogP contribution in [0.25, 0.3) is 0 Å². The number of urea groups is 1. The van der Waals surface area contributed by atoms with Gasteiger partial charge in [0.2, 0.25) is 0 Å².